The van der Waals surface area contributed by atoms with Gasteiger partial charge in [0.25, 0.3) is 11.8 Å². The molecule has 0 aliphatic carbocycles. The van der Waals surface area contributed by atoms with Crippen molar-refractivity contribution in [3.63, 3.8) is 0 Å². The Balaban J connectivity index is 1.47. The summed E-state index contributed by atoms with van der Waals surface area (Å²) in [6, 6.07) is 14.2. The van der Waals surface area contributed by atoms with Gasteiger partial charge in [0.15, 0.2) is 0 Å². The maximum absolute atomic E-state index is 12.2. The first kappa shape index (κ1) is 17.4. The van der Waals surface area contributed by atoms with Gasteiger partial charge < -0.3 is 4.74 Å². The Hall–Kier alpha value is -2.47. The minimum Gasteiger partial charge on any atom is -0.461 e. The highest BCUT2D eigenvalue weighted by Gasteiger charge is 2.34. The lowest BCUT2D eigenvalue weighted by Gasteiger charge is -2.13. The molecular weight excluding hydrogens is 386 g/mol. The minimum atomic E-state index is -0.354. The molecule has 0 bridgehead atoms. The highest BCUT2D eigenvalue weighted by Crippen LogP contribution is 2.22. The fourth-order valence-electron chi connectivity index (χ4n) is 2.67. The standard InChI is InChI=1S/C19H16BrNO4/c20-16-9-4-1-6-13(16)12-25-17(22)10-5-11-21-18(23)14-7-2-3-8-15(14)19(21)24/h1-4,6-9H,5,10-12H2. The van der Waals surface area contributed by atoms with Crippen LogP contribution in [0.3, 0.4) is 0 Å². The number of amides is 2. The predicted molar refractivity (Wildman–Crippen MR) is 95.0 cm³/mol. The normalized spacial score (nSPS) is 13.1. The highest BCUT2D eigenvalue weighted by atomic mass is 79.9. The summed E-state index contributed by atoms with van der Waals surface area (Å²) in [4.78, 5) is 37.5. The quantitative estimate of drug-likeness (QED) is 0.548. The molecule has 0 N–H and O–H groups in total. The number of hydrogen-bond donors (Lipinski definition) is 0. The van der Waals surface area contributed by atoms with Crippen LogP contribution in [-0.2, 0) is 16.1 Å². The third kappa shape index (κ3) is 3.79. The fourth-order valence-corrected chi connectivity index (χ4v) is 3.07. The number of rotatable bonds is 6. The Bertz CT molecular complexity index is 799. The number of nitrogens with zero attached hydrogens (tertiary/aromatic N) is 1. The van der Waals surface area contributed by atoms with E-state index >= 15 is 0 Å². The predicted octanol–water partition coefficient (Wildman–Crippen LogP) is 3.57. The zero-order chi connectivity index (χ0) is 17.8. The summed E-state index contributed by atoms with van der Waals surface area (Å²) in [5, 5.41) is 0. The molecule has 1 aliphatic heterocycles. The molecule has 2 amide bonds. The van der Waals surface area contributed by atoms with Crippen molar-refractivity contribution in [2.24, 2.45) is 0 Å². The molecule has 128 valence electrons. The molecule has 0 radical (unpaired) electrons. The van der Waals surface area contributed by atoms with Crippen molar-refractivity contribution in [1.82, 2.24) is 4.90 Å². The minimum absolute atomic E-state index is 0.151. The van der Waals surface area contributed by atoms with Gasteiger partial charge in [-0.1, -0.05) is 46.3 Å². The van der Waals surface area contributed by atoms with E-state index in [1.54, 1.807) is 24.3 Å². The van der Waals surface area contributed by atoms with Gasteiger partial charge in [-0.2, -0.15) is 0 Å². The Kier molecular flexibility index (Phi) is 5.28. The van der Waals surface area contributed by atoms with Crippen LogP contribution < -0.4 is 0 Å². The lowest BCUT2D eigenvalue weighted by Crippen LogP contribution is -2.31. The van der Waals surface area contributed by atoms with Gasteiger partial charge in [-0.15, -0.1) is 0 Å². The van der Waals surface area contributed by atoms with Gasteiger partial charge >= 0.3 is 5.97 Å². The Labute approximate surface area is 153 Å². The van der Waals surface area contributed by atoms with Gasteiger partial charge in [0.05, 0.1) is 11.1 Å². The van der Waals surface area contributed by atoms with E-state index in [0.717, 1.165) is 10.0 Å². The van der Waals surface area contributed by atoms with Gasteiger partial charge in [0, 0.05) is 23.0 Å². The molecule has 5 nitrogen and oxygen atoms in total. The van der Waals surface area contributed by atoms with Crippen LogP contribution in [0.2, 0.25) is 0 Å². The van der Waals surface area contributed by atoms with Crippen LogP contribution in [0.15, 0.2) is 53.0 Å². The second-order valence-corrected chi connectivity index (χ2v) is 6.52. The molecule has 0 unspecified atom stereocenters. The lowest BCUT2D eigenvalue weighted by atomic mass is 10.1. The van der Waals surface area contributed by atoms with Crippen LogP contribution in [0.1, 0.15) is 39.1 Å². The van der Waals surface area contributed by atoms with Crippen molar-refractivity contribution < 1.29 is 19.1 Å². The van der Waals surface area contributed by atoms with E-state index in [0.29, 0.717) is 17.5 Å². The molecular formula is C19H16BrNO4. The van der Waals surface area contributed by atoms with Crippen molar-refractivity contribution in [3.8, 4) is 0 Å². The summed E-state index contributed by atoms with van der Waals surface area (Å²) in [5.41, 5.74) is 1.73. The molecule has 2 aromatic rings. The molecule has 6 heteroatoms. The van der Waals surface area contributed by atoms with Crippen LogP contribution in [0.4, 0.5) is 0 Å². The number of carbonyl (C=O) groups excluding carboxylic acids is 3. The average molecular weight is 402 g/mol. The van der Waals surface area contributed by atoms with Crippen molar-refractivity contribution in [1.29, 1.82) is 0 Å². The molecule has 1 aliphatic rings. The number of esters is 1. The number of benzene rings is 2. The Morgan fingerprint density at radius 1 is 0.960 bits per heavy atom. The largest absolute Gasteiger partial charge is 0.461 e. The third-order valence-electron chi connectivity index (χ3n) is 3.99. The van der Waals surface area contributed by atoms with Gasteiger partial charge in [-0.3, -0.25) is 19.3 Å². The summed E-state index contributed by atoms with van der Waals surface area (Å²) >= 11 is 3.40. The summed E-state index contributed by atoms with van der Waals surface area (Å²) in [5.74, 6) is -0.961. The monoisotopic (exact) mass is 401 g/mol. The van der Waals surface area contributed by atoms with Crippen molar-refractivity contribution >= 4 is 33.7 Å². The summed E-state index contributed by atoms with van der Waals surface area (Å²) in [6.45, 7) is 0.393. The number of carbonyl (C=O) groups is 3. The molecule has 0 saturated carbocycles. The van der Waals surface area contributed by atoms with Gasteiger partial charge in [0.2, 0.25) is 0 Å². The molecule has 0 spiro atoms. The van der Waals surface area contributed by atoms with Crippen molar-refractivity contribution in [2.75, 3.05) is 6.54 Å². The maximum atomic E-state index is 12.2. The average Bonchev–Trinajstić information content (AvgIpc) is 2.86. The topological polar surface area (TPSA) is 63.7 Å². The Morgan fingerprint density at radius 2 is 1.56 bits per heavy atom. The molecule has 0 fully saturated rings. The summed E-state index contributed by atoms with van der Waals surface area (Å²) < 4.78 is 6.11. The van der Waals surface area contributed by atoms with E-state index in [2.05, 4.69) is 15.9 Å². The van der Waals surface area contributed by atoms with Crippen LogP contribution in [0.25, 0.3) is 0 Å². The van der Waals surface area contributed by atoms with Crippen molar-refractivity contribution in [3.05, 3.63) is 69.7 Å². The smallest absolute Gasteiger partial charge is 0.306 e. The first-order valence-corrected chi connectivity index (χ1v) is 8.71. The van der Waals surface area contributed by atoms with E-state index in [4.69, 9.17) is 4.74 Å². The number of hydrogen-bond acceptors (Lipinski definition) is 4. The highest BCUT2D eigenvalue weighted by molar-refractivity contribution is 9.10. The molecule has 0 saturated heterocycles. The van der Waals surface area contributed by atoms with Crippen LogP contribution >= 0.6 is 15.9 Å². The zero-order valence-electron chi connectivity index (χ0n) is 13.4. The number of ether oxygens (including phenoxy) is 1. The zero-order valence-corrected chi connectivity index (χ0v) is 15.0. The van der Waals surface area contributed by atoms with E-state index in [9.17, 15) is 14.4 Å². The van der Waals surface area contributed by atoms with E-state index in [1.165, 1.54) is 4.90 Å². The van der Waals surface area contributed by atoms with E-state index < -0.39 is 0 Å². The van der Waals surface area contributed by atoms with E-state index in [-0.39, 0.29) is 37.4 Å². The number of imide groups is 1. The lowest BCUT2D eigenvalue weighted by molar-refractivity contribution is -0.145. The Morgan fingerprint density at radius 3 is 2.20 bits per heavy atom. The van der Waals surface area contributed by atoms with Gasteiger partial charge in [-0.05, 0) is 24.6 Å². The number of fused-ring (bicyclic) bond motifs is 1. The molecule has 1 heterocycles. The maximum Gasteiger partial charge on any atom is 0.306 e. The van der Waals surface area contributed by atoms with Crippen molar-refractivity contribution in [2.45, 2.75) is 19.4 Å². The van der Waals surface area contributed by atoms with Crippen LogP contribution in [0, 0.1) is 0 Å². The molecule has 0 atom stereocenters. The molecule has 25 heavy (non-hydrogen) atoms. The summed E-state index contributed by atoms with van der Waals surface area (Å²) in [7, 11) is 0. The van der Waals surface area contributed by atoms with Crippen LogP contribution in [-0.4, -0.2) is 29.2 Å². The molecule has 3 rings (SSSR count). The first-order valence-electron chi connectivity index (χ1n) is 7.92. The number of halogens is 1. The van der Waals surface area contributed by atoms with Gasteiger partial charge in [0.1, 0.15) is 6.61 Å². The van der Waals surface area contributed by atoms with Crippen LogP contribution in [0.5, 0.6) is 0 Å². The SMILES string of the molecule is O=C(CCCN1C(=O)c2ccccc2C1=O)OCc1ccccc1Br. The molecule has 0 aromatic heterocycles. The summed E-state index contributed by atoms with van der Waals surface area (Å²) in [6.07, 6.45) is 0.526. The first-order chi connectivity index (χ1) is 12.1. The van der Waals surface area contributed by atoms with Gasteiger partial charge in [-0.25, -0.2) is 0 Å². The molecule has 2 aromatic carbocycles. The third-order valence-corrected chi connectivity index (χ3v) is 4.76. The second-order valence-electron chi connectivity index (χ2n) is 5.66. The second kappa shape index (κ2) is 7.61. The fraction of sp³-hybridized carbons (Fsp3) is 0.211. The van der Waals surface area contributed by atoms with E-state index in [1.807, 2.05) is 24.3 Å².